The smallest absolute Gasteiger partial charge is 0.194 e. The van der Waals surface area contributed by atoms with E-state index in [0.29, 0.717) is 12.5 Å². The molecule has 4 nitrogen and oxygen atoms in total. The molecule has 0 saturated carbocycles. The maximum Gasteiger partial charge on any atom is 0.194 e. The summed E-state index contributed by atoms with van der Waals surface area (Å²) in [6.07, 6.45) is 4.49. The van der Waals surface area contributed by atoms with Crippen molar-refractivity contribution in [1.82, 2.24) is 14.4 Å². The molecule has 3 aromatic rings. The van der Waals surface area contributed by atoms with Gasteiger partial charge < -0.3 is 5.73 Å². The van der Waals surface area contributed by atoms with Gasteiger partial charge in [0.05, 0.1) is 11.4 Å². The highest BCUT2D eigenvalue weighted by molar-refractivity contribution is 7.15. The van der Waals surface area contributed by atoms with Crippen LogP contribution in [0.15, 0.2) is 29.9 Å². The highest BCUT2D eigenvalue weighted by Gasteiger charge is 2.18. The minimum absolute atomic E-state index is 0.411. The quantitative estimate of drug-likeness (QED) is 0.802. The van der Waals surface area contributed by atoms with Crippen LogP contribution >= 0.6 is 11.3 Å². The number of fused-ring (bicyclic) bond motifs is 1. The first-order valence-electron chi connectivity index (χ1n) is 6.81. The van der Waals surface area contributed by atoms with E-state index >= 15 is 0 Å². The van der Waals surface area contributed by atoms with Gasteiger partial charge in [0.1, 0.15) is 0 Å². The molecule has 3 aromatic heterocycles. The molecule has 0 saturated heterocycles. The highest BCUT2D eigenvalue weighted by Crippen LogP contribution is 2.31. The molecule has 104 valence electrons. The van der Waals surface area contributed by atoms with Crippen LogP contribution in [0.3, 0.4) is 0 Å². The summed E-state index contributed by atoms with van der Waals surface area (Å²) in [5, 5.41) is 2.15. The number of imidazole rings is 1. The standard InChI is InChI=1S/C15H18N4S/c1-10(2)14-12(3-6-16)19-13(9-20-15(19)18-14)11-4-7-17-8-5-11/h4-5,7-10H,3,6,16H2,1-2H3. The predicted molar refractivity (Wildman–Crippen MR) is 83.1 cm³/mol. The Morgan fingerprint density at radius 1 is 1.30 bits per heavy atom. The molecule has 0 fully saturated rings. The molecule has 2 N–H and O–H groups in total. The maximum absolute atomic E-state index is 5.79. The van der Waals surface area contributed by atoms with Gasteiger partial charge in [-0.1, -0.05) is 13.8 Å². The van der Waals surface area contributed by atoms with Gasteiger partial charge >= 0.3 is 0 Å². The van der Waals surface area contributed by atoms with Crippen molar-refractivity contribution in [2.45, 2.75) is 26.2 Å². The van der Waals surface area contributed by atoms with Crippen LogP contribution in [-0.2, 0) is 6.42 Å². The molecule has 0 aromatic carbocycles. The lowest BCUT2D eigenvalue weighted by molar-refractivity contribution is 0.792. The molecule has 0 unspecified atom stereocenters. The lowest BCUT2D eigenvalue weighted by atomic mass is 10.1. The average molecular weight is 286 g/mol. The second-order valence-electron chi connectivity index (χ2n) is 5.11. The van der Waals surface area contributed by atoms with Gasteiger partial charge in [-0.2, -0.15) is 0 Å². The molecule has 0 spiro atoms. The summed E-state index contributed by atoms with van der Waals surface area (Å²) in [5.74, 6) is 0.411. The van der Waals surface area contributed by atoms with Crippen LogP contribution in [0, 0.1) is 0 Å². The highest BCUT2D eigenvalue weighted by atomic mass is 32.1. The number of nitrogens with two attached hydrogens (primary N) is 1. The van der Waals surface area contributed by atoms with Crippen LogP contribution < -0.4 is 5.73 Å². The third-order valence-corrected chi connectivity index (χ3v) is 4.22. The Morgan fingerprint density at radius 2 is 2.05 bits per heavy atom. The van der Waals surface area contributed by atoms with E-state index in [1.54, 1.807) is 11.3 Å². The third kappa shape index (κ3) is 2.13. The predicted octanol–water partition coefficient (Wildman–Crippen LogP) is 3.08. The maximum atomic E-state index is 5.79. The molecule has 0 atom stereocenters. The van der Waals surface area contributed by atoms with Gasteiger partial charge in [0.2, 0.25) is 0 Å². The zero-order chi connectivity index (χ0) is 14.1. The first-order chi connectivity index (χ1) is 9.72. The van der Waals surface area contributed by atoms with E-state index in [4.69, 9.17) is 10.7 Å². The summed E-state index contributed by atoms with van der Waals surface area (Å²) in [5.41, 5.74) is 10.5. The molecule has 0 aliphatic heterocycles. The Balaban J connectivity index is 2.24. The summed E-state index contributed by atoms with van der Waals surface area (Å²) in [6.45, 7) is 5.00. The summed E-state index contributed by atoms with van der Waals surface area (Å²) >= 11 is 1.68. The van der Waals surface area contributed by atoms with Gasteiger partial charge in [-0.25, -0.2) is 4.98 Å². The van der Waals surface area contributed by atoms with Crippen LogP contribution in [0.25, 0.3) is 16.2 Å². The number of hydrogen-bond acceptors (Lipinski definition) is 4. The minimum atomic E-state index is 0.411. The number of thiazole rings is 1. The largest absolute Gasteiger partial charge is 0.330 e. The van der Waals surface area contributed by atoms with Crippen molar-refractivity contribution in [3.05, 3.63) is 41.3 Å². The molecule has 0 aliphatic rings. The van der Waals surface area contributed by atoms with Crippen molar-refractivity contribution >= 4 is 16.3 Å². The molecular weight excluding hydrogens is 268 g/mol. The molecule has 0 amide bonds. The fourth-order valence-electron chi connectivity index (χ4n) is 2.50. The Morgan fingerprint density at radius 3 is 2.70 bits per heavy atom. The van der Waals surface area contributed by atoms with Gasteiger partial charge in [0.15, 0.2) is 4.96 Å². The Hall–Kier alpha value is -1.72. The molecule has 5 heteroatoms. The molecule has 3 heterocycles. The lowest BCUT2D eigenvalue weighted by Gasteiger charge is -2.08. The molecule has 0 bridgehead atoms. The zero-order valence-electron chi connectivity index (χ0n) is 11.7. The van der Waals surface area contributed by atoms with E-state index in [-0.39, 0.29) is 0 Å². The van der Waals surface area contributed by atoms with E-state index in [9.17, 15) is 0 Å². The van der Waals surface area contributed by atoms with Crippen LogP contribution in [0.4, 0.5) is 0 Å². The van der Waals surface area contributed by atoms with Gasteiger partial charge in [0.25, 0.3) is 0 Å². The number of hydrogen-bond donors (Lipinski definition) is 1. The Bertz CT molecular complexity index is 712. The van der Waals surface area contributed by atoms with Gasteiger partial charge in [-0.05, 0) is 24.6 Å². The topological polar surface area (TPSA) is 56.2 Å². The van der Waals surface area contributed by atoms with Crippen LogP contribution in [-0.4, -0.2) is 20.9 Å². The second kappa shape index (κ2) is 5.34. The first kappa shape index (κ1) is 13.3. The molecule has 0 aliphatic carbocycles. The fourth-order valence-corrected chi connectivity index (χ4v) is 3.42. The Labute approximate surface area is 122 Å². The molecule has 0 radical (unpaired) electrons. The summed E-state index contributed by atoms with van der Waals surface area (Å²) in [7, 11) is 0. The van der Waals surface area contributed by atoms with Crippen LogP contribution in [0.5, 0.6) is 0 Å². The van der Waals surface area contributed by atoms with Gasteiger partial charge in [0, 0.05) is 35.5 Å². The summed E-state index contributed by atoms with van der Waals surface area (Å²) in [6, 6.07) is 4.06. The van der Waals surface area contributed by atoms with E-state index in [2.05, 4.69) is 28.6 Å². The van der Waals surface area contributed by atoms with Crippen molar-refractivity contribution in [3.8, 4) is 11.3 Å². The second-order valence-corrected chi connectivity index (χ2v) is 5.95. The monoisotopic (exact) mass is 286 g/mol. The Kier molecular flexibility index (Phi) is 3.54. The van der Waals surface area contributed by atoms with Crippen molar-refractivity contribution in [3.63, 3.8) is 0 Å². The van der Waals surface area contributed by atoms with Crippen molar-refractivity contribution in [2.75, 3.05) is 6.54 Å². The third-order valence-electron chi connectivity index (χ3n) is 3.39. The molecule has 3 rings (SSSR count). The normalized spacial score (nSPS) is 11.6. The summed E-state index contributed by atoms with van der Waals surface area (Å²) in [4.78, 5) is 9.92. The van der Waals surface area contributed by atoms with E-state index in [1.807, 2.05) is 24.5 Å². The number of aromatic nitrogens is 3. The van der Waals surface area contributed by atoms with E-state index in [1.165, 1.54) is 11.4 Å². The number of pyridine rings is 1. The van der Waals surface area contributed by atoms with Crippen molar-refractivity contribution in [2.24, 2.45) is 5.73 Å². The molecular formula is C15H18N4S. The minimum Gasteiger partial charge on any atom is -0.330 e. The summed E-state index contributed by atoms with van der Waals surface area (Å²) < 4.78 is 2.25. The van der Waals surface area contributed by atoms with E-state index < -0.39 is 0 Å². The zero-order valence-corrected chi connectivity index (χ0v) is 12.5. The molecule has 20 heavy (non-hydrogen) atoms. The van der Waals surface area contributed by atoms with Crippen molar-refractivity contribution in [1.29, 1.82) is 0 Å². The number of nitrogens with zero attached hydrogens (tertiary/aromatic N) is 3. The van der Waals surface area contributed by atoms with Gasteiger partial charge in [-0.3, -0.25) is 9.38 Å². The first-order valence-corrected chi connectivity index (χ1v) is 7.69. The lowest BCUT2D eigenvalue weighted by Crippen LogP contribution is -2.08. The van der Waals surface area contributed by atoms with Crippen LogP contribution in [0.1, 0.15) is 31.2 Å². The van der Waals surface area contributed by atoms with E-state index in [0.717, 1.165) is 22.6 Å². The SMILES string of the molecule is CC(C)c1nc2scc(-c3ccncc3)n2c1CCN. The van der Waals surface area contributed by atoms with Crippen molar-refractivity contribution < 1.29 is 0 Å². The van der Waals surface area contributed by atoms with Gasteiger partial charge in [-0.15, -0.1) is 11.3 Å². The fraction of sp³-hybridized carbons (Fsp3) is 0.333. The van der Waals surface area contributed by atoms with Crippen LogP contribution in [0.2, 0.25) is 0 Å². The number of rotatable bonds is 4. The average Bonchev–Trinajstić information content (AvgIpc) is 3.00.